The van der Waals surface area contributed by atoms with Crippen LogP contribution in [0.25, 0.3) is 5.57 Å². The second-order valence-corrected chi connectivity index (χ2v) is 7.19. The first-order chi connectivity index (χ1) is 11.2. The van der Waals surface area contributed by atoms with E-state index in [1.807, 2.05) is 0 Å². The molecule has 0 saturated carbocycles. The van der Waals surface area contributed by atoms with Crippen molar-refractivity contribution < 1.29 is 4.74 Å². The molecule has 23 heavy (non-hydrogen) atoms. The number of aryl methyl sites for hydroxylation is 1. The minimum Gasteiger partial charge on any atom is -0.497 e. The van der Waals surface area contributed by atoms with Crippen LogP contribution >= 0.6 is 0 Å². The topological polar surface area (TPSA) is 9.23 Å². The summed E-state index contributed by atoms with van der Waals surface area (Å²) in [4.78, 5) is 0. The fraction of sp³-hybridized carbons (Fsp3) is 0.455. The quantitative estimate of drug-likeness (QED) is 0.649. The van der Waals surface area contributed by atoms with Gasteiger partial charge in [-0.25, -0.2) is 0 Å². The molecule has 1 unspecified atom stereocenters. The molecule has 1 aromatic rings. The summed E-state index contributed by atoms with van der Waals surface area (Å²) in [5, 5.41) is 0. The highest BCUT2D eigenvalue weighted by Crippen LogP contribution is 2.59. The minimum absolute atomic E-state index is 0.366. The van der Waals surface area contributed by atoms with E-state index in [-0.39, 0.29) is 0 Å². The van der Waals surface area contributed by atoms with E-state index in [1.165, 1.54) is 43.2 Å². The molecule has 0 aromatic heterocycles. The molecule has 1 aromatic carbocycles. The molecule has 0 saturated heterocycles. The molecule has 0 spiro atoms. The van der Waals surface area contributed by atoms with Crippen LogP contribution in [-0.4, -0.2) is 7.11 Å². The van der Waals surface area contributed by atoms with Crippen molar-refractivity contribution in [3.63, 3.8) is 0 Å². The number of benzene rings is 1. The summed E-state index contributed by atoms with van der Waals surface area (Å²) in [5.74, 6) is 1.62. The lowest BCUT2D eigenvalue weighted by Gasteiger charge is -2.43. The van der Waals surface area contributed by atoms with Crippen LogP contribution in [0.3, 0.4) is 0 Å². The average molecular weight is 306 g/mol. The van der Waals surface area contributed by atoms with Gasteiger partial charge < -0.3 is 4.74 Å². The van der Waals surface area contributed by atoms with Crippen LogP contribution in [0, 0.1) is 11.3 Å². The fourth-order valence-corrected chi connectivity index (χ4v) is 5.27. The van der Waals surface area contributed by atoms with Gasteiger partial charge in [-0.05, 0) is 84.4 Å². The van der Waals surface area contributed by atoms with Crippen LogP contribution in [0.5, 0.6) is 5.75 Å². The zero-order valence-corrected chi connectivity index (χ0v) is 14.3. The Balaban J connectivity index is 1.82. The highest BCUT2D eigenvalue weighted by atomic mass is 16.5. The average Bonchev–Trinajstić information content (AvgIpc) is 2.99. The molecule has 3 aliphatic carbocycles. The first-order valence-corrected chi connectivity index (χ1v) is 8.96. The second-order valence-electron chi connectivity index (χ2n) is 7.19. The zero-order chi connectivity index (χ0) is 16.0. The Morgan fingerprint density at radius 2 is 2.13 bits per heavy atom. The van der Waals surface area contributed by atoms with Crippen molar-refractivity contribution in [1.82, 2.24) is 0 Å². The Morgan fingerprint density at radius 1 is 1.26 bits per heavy atom. The summed E-state index contributed by atoms with van der Waals surface area (Å²) >= 11 is 0. The summed E-state index contributed by atoms with van der Waals surface area (Å²) in [7, 11) is 1.75. The Kier molecular flexibility index (Phi) is 3.48. The molecule has 0 bridgehead atoms. The monoisotopic (exact) mass is 306 g/mol. The van der Waals surface area contributed by atoms with Crippen LogP contribution in [0.2, 0.25) is 0 Å². The molecule has 3 aliphatic rings. The van der Waals surface area contributed by atoms with Crippen molar-refractivity contribution in [3.8, 4) is 5.75 Å². The van der Waals surface area contributed by atoms with E-state index in [2.05, 4.69) is 43.9 Å². The molecule has 0 fully saturated rings. The van der Waals surface area contributed by atoms with E-state index in [4.69, 9.17) is 4.74 Å². The fourth-order valence-electron chi connectivity index (χ4n) is 5.27. The maximum absolute atomic E-state index is 5.41. The van der Waals surface area contributed by atoms with Crippen molar-refractivity contribution in [2.24, 2.45) is 11.3 Å². The lowest BCUT2D eigenvalue weighted by molar-refractivity contribution is 0.246. The first kappa shape index (κ1) is 14.8. The molecule has 0 radical (unpaired) electrons. The first-order valence-electron chi connectivity index (χ1n) is 8.96. The van der Waals surface area contributed by atoms with Gasteiger partial charge in [-0.1, -0.05) is 25.1 Å². The number of allylic oxidation sites excluding steroid dienone is 5. The number of methoxy groups -OCH3 is 1. The molecule has 1 heteroatoms. The largest absolute Gasteiger partial charge is 0.497 e. The number of ether oxygens (including phenoxy) is 1. The lowest BCUT2D eigenvalue weighted by atomic mass is 9.60. The van der Waals surface area contributed by atoms with Gasteiger partial charge in [0.1, 0.15) is 5.75 Å². The van der Waals surface area contributed by atoms with E-state index in [0.717, 1.165) is 12.2 Å². The molecule has 0 amide bonds. The smallest absolute Gasteiger partial charge is 0.119 e. The highest BCUT2D eigenvalue weighted by molar-refractivity contribution is 5.79. The van der Waals surface area contributed by atoms with Crippen LogP contribution in [0.1, 0.15) is 50.2 Å². The van der Waals surface area contributed by atoms with E-state index in [9.17, 15) is 0 Å². The Morgan fingerprint density at radius 3 is 2.87 bits per heavy atom. The van der Waals surface area contributed by atoms with Crippen molar-refractivity contribution in [3.05, 3.63) is 59.2 Å². The van der Waals surface area contributed by atoms with E-state index in [1.54, 1.807) is 23.8 Å². The van der Waals surface area contributed by atoms with E-state index >= 15 is 0 Å². The van der Waals surface area contributed by atoms with Gasteiger partial charge in [0.25, 0.3) is 0 Å². The summed E-state index contributed by atoms with van der Waals surface area (Å²) in [6.45, 7) is 6.49. The normalized spacial score (nSPS) is 28.6. The molecular weight excluding hydrogens is 280 g/mol. The van der Waals surface area contributed by atoms with Gasteiger partial charge in [-0.15, -0.1) is 6.58 Å². The second kappa shape index (κ2) is 5.40. The van der Waals surface area contributed by atoms with Gasteiger partial charge in [-0.2, -0.15) is 0 Å². The number of hydrogen-bond acceptors (Lipinski definition) is 1. The standard InChI is InChI=1S/C22H26O/c1-4-16-7-11-21-20-9-6-15-14-17(23-3)8-10-18(15)19(20)12-13-22(16,21)5-2/h4,8,10-11,14,16H,1,5-7,9,12-13H2,2-3H3/t16?,22-/m1/s1. The van der Waals surface area contributed by atoms with Crippen molar-refractivity contribution in [2.45, 2.75) is 45.4 Å². The summed E-state index contributed by atoms with van der Waals surface area (Å²) in [6, 6.07) is 6.63. The SMILES string of the molecule is C=CC1CC=C2C3=C(CC[C@@]21CC)c1ccc(OC)cc1CC3. The summed E-state index contributed by atoms with van der Waals surface area (Å²) in [5.41, 5.74) is 8.22. The predicted molar refractivity (Wildman–Crippen MR) is 96.6 cm³/mol. The lowest BCUT2D eigenvalue weighted by Crippen LogP contribution is -2.32. The molecule has 0 heterocycles. The minimum atomic E-state index is 0.366. The van der Waals surface area contributed by atoms with Crippen LogP contribution < -0.4 is 4.74 Å². The van der Waals surface area contributed by atoms with Gasteiger partial charge >= 0.3 is 0 Å². The number of rotatable bonds is 3. The third kappa shape index (κ3) is 1.99. The Labute approximate surface area is 139 Å². The van der Waals surface area contributed by atoms with Gasteiger partial charge in [0.2, 0.25) is 0 Å². The molecule has 120 valence electrons. The summed E-state index contributed by atoms with van der Waals surface area (Å²) in [6.07, 6.45) is 12.0. The van der Waals surface area contributed by atoms with Gasteiger partial charge in [0.05, 0.1) is 7.11 Å². The van der Waals surface area contributed by atoms with Crippen molar-refractivity contribution in [1.29, 1.82) is 0 Å². The molecule has 0 N–H and O–H groups in total. The third-order valence-corrected chi connectivity index (χ3v) is 6.53. The Hall–Kier alpha value is -1.76. The molecule has 4 rings (SSSR count). The van der Waals surface area contributed by atoms with Gasteiger partial charge in [0, 0.05) is 5.41 Å². The third-order valence-electron chi connectivity index (χ3n) is 6.53. The maximum Gasteiger partial charge on any atom is 0.119 e. The van der Waals surface area contributed by atoms with E-state index < -0.39 is 0 Å². The molecule has 1 nitrogen and oxygen atoms in total. The highest BCUT2D eigenvalue weighted by Gasteiger charge is 2.46. The molecule has 0 aliphatic heterocycles. The van der Waals surface area contributed by atoms with Crippen molar-refractivity contribution >= 4 is 5.57 Å². The van der Waals surface area contributed by atoms with Gasteiger partial charge in [-0.3, -0.25) is 0 Å². The maximum atomic E-state index is 5.41. The number of hydrogen-bond donors (Lipinski definition) is 0. The van der Waals surface area contributed by atoms with Crippen LogP contribution in [0.15, 0.2) is 48.1 Å². The predicted octanol–water partition coefficient (Wildman–Crippen LogP) is 5.72. The molecular formula is C22H26O. The number of fused-ring (bicyclic) bond motifs is 4. The molecule has 2 atom stereocenters. The van der Waals surface area contributed by atoms with Crippen LogP contribution in [0.4, 0.5) is 0 Å². The van der Waals surface area contributed by atoms with Gasteiger partial charge in [0.15, 0.2) is 0 Å². The van der Waals surface area contributed by atoms with Crippen LogP contribution in [-0.2, 0) is 6.42 Å². The van der Waals surface area contributed by atoms with E-state index in [0.29, 0.717) is 11.3 Å². The zero-order valence-electron chi connectivity index (χ0n) is 14.3. The van der Waals surface area contributed by atoms with Crippen molar-refractivity contribution in [2.75, 3.05) is 7.11 Å². The summed E-state index contributed by atoms with van der Waals surface area (Å²) < 4.78 is 5.41. The Bertz CT molecular complexity index is 721.